The number of rotatable bonds is 5. The standard InChI is InChI=1S/C17H17N3O2S/c1-20-9-8-18-16(20)15(13-5-3-4-6-14(13)22-2)19-17(21)12-7-10-23-11-12/h3-11,15H,1-2H3,(H,19,21)/t15-/m1/s1. The molecule has 0 aliphatic rings. The van der Waals surface area contributed by atoms with E-state index < -0.39 is 6.04 Å². The topological polar surface area (TPSA) is 56.1 Å². The third-order valence-corrected chi connectivity index (χ3v) is 4.31. The van der Waals surface area contributed by atoms with Gasteiger partial charge in [0.25, 0.3) is 5.91 Å². The lowest BCUT2D eigenvalue weighted by Gasteiger charge is -2.21. The van der Waals surface area contributed by atoms with Gasteiger partial charge in [0.05, 0.1) is 12.7 Å². The highest BCUT2D eigenvalue weighted by atomic mass is 32.1. The average Bonchev–Trinajstić information content (AvgIpc) is 3.24. The monoisotopic (exact) mass is 327 g/mol. The molecule has 1 atom stereocenters. The zero-order valence-electron chi connectivity index (χ0n) is 12.9. The molecule has 118 valence electrons. The number of benzene rings is 1. The molecular formula is C17H17N3O2S. The summed E-state index contributed by atoms with van der Waals surface area (Å²) < 4.78 is 7.34. The Hall–Kier alpha value is -2.60. The van der Waals surface area contributed by atoms with E-state index in [1.807, 2.05) is 52.8 Å². The van der Waals surface area contributed by atoms with Gasteiger partial charge in [0.15, 0.2) is 0 Å². The highest BCUT2D eigenvalue weighted by Crippen LogP contribution is 2.29. The van der Waals surface area contributed by atoms with E-state index in [0.29, 0.717) is 11.3 Å². The van der Waals surface area contributed by atoms with E-state index in [1.165, 1.54) is 11.3 Å². The first kappa shape index (κ1) is 15.3. The summed E-state index contributed by atoms with van der Waals surface area (Å²) in [7, 11) is 3.52. The van der Waals surface area contributed by atoms with Crippen LogP contribution >= 0.6 is 11.3 Å². The van der Waals surface area contributed by atoms with Crippen molar-refractivity contribution in [1.82, 2.24) is 14.9 Å². The van der Waals surface area contributed by atoms with Crippen molar-refractivity contribution < 1.29 is 9.53 Å². The summed E-state index contributed by atoms with van der Waals surface area (Å²) in [6.45, 7) is 0. The number of para-hydroxylation sites is 1. The third kappa shape index (κ3) is 3.12. The molecule has 5 nitrogen and oxygen atoms in total. The molecular weight excluding hydrogens is 310 g/mol. The molecule has 0 saturated carbocycles. The van der Waals surface area contributed by atoms with Gasteiger partial charge in [-0.25, -0.2) is 4.98 Å². The van der Waals surface area contributed by atoms with Gasteiger partial charge in [-0.1, -0.05) is 18.2 Å². The van der Waals surface area contributed by atoms with Crippen LogP contribution in [0.5, 0.6) is 5.75 Å². The number of amides is 1. The fourth-order valence-electron chi connectivity index (χ4n) is 2.45. The van der Waals surface area contributed by atoms with Crippen LogP contribution in [0, 0.1) is 0 Å². The zero-order chi connectivity index (χ0) is 16.2. The minimum absolute atomic E-state index is 0.134. The van der Waals surface area contributed by atoms with Crippen molar-refractivity contribution in [2.24, 2.45) is 7.05 Å². The number of nitrogens with zero attached hydrogens (tertiary/aromatic N) is 2. The maximum atomic E-state index is 12.5. The van der Waals surface area contributed by atoms with Crippen molar-refractivity contribution in [2.45, 2.75) is 6.04 Å². The molecule has 0 radical (unpaired) electrons. The van der Waals surface area contributed by atoms with Crippen molar-refractivity contribution in [3.05, 3.63) is 70.4 Å². The SMILES string of the molecule is COc1ccccc1[C@@H](NC(=O)c1ccsc1)c1nccn1C. The highest BCUT2D eigenvalue weighted by molar-refractivity contribution is 7.08. The molecule has 0 aliphatic carbocycles. The first-order chi connectivity index (χ1) is 11.2. The van der Waals surface area contributed by atoms with Crippen LogP contribution in [0.4, 0.5) is 0 Å². The molecule has 3 rings (SSSR count). The Balaban J connectivity index is 2.01. The summed E-state index contributed by atoms with van der Waals surface area (Å²) in [5.41, 5.74) is 1.51. The maximum Gasteiger partial charge on any atom is 0.252 e. The summed E-state index contributed by atoms with van der Waals surface area (Å²) in [5, 5.41) is 6.77. The number of carbonyl (C=O) groups is 1. The van der Waals surface area contributed by atoms with Crippen molar-refractivity contribution >= 4 is 17.2 Å². The Labute approximate surface area is 138 Å². The Morgan fingerprint density at radius 2 is 2.17 bits per heavy atom. The van der Waals surface area contributed by atoms with Crippen LogP contribution < -0.4 is 10.1 Å². The summed E-state index contributed by atoms with van der Waals surface area (Å²) in [4.78, 5) is 16.9. The molecule has 1 amide bonds. The Bertz CT molecular complexity index is 796. The molecule has 0 unspecified atom stereocenters. The normalized spacial score (nSPS) is 11.9. The fraction of sp³-hybridized carbons (Fsp3) is 0.176. The van der Waals surface area contributed by atoms with Crippen molar-refractivity contribution in [2.75, 3.05) is 7.11 Å². The minimum atomic E-state index is -0.390. The largest absolute Gasteiger partial charge is 0.496 e. The number of carbonyl (C=O) groups excluding carboxylic acids is 1. The van der Waals surface area contributed by atoms with Gasteiger partial charge in [-0.15, -0.1) is 0 Å². The summed E-state index contributed by atoms with van der Waals surface area (Å²) in [5.74, 6) is 1.33. The first-order valence-corrected chi connectivity index (χ1v) is 8.08. The predicted molar refractivity (Wildman–Crippen MR) is 89.8 cm³/mol. The number of ether oxygens (including phenoxy) is 1. The Morgan fingerprint density at radius 3 is 2.83 bits per heavy atom. The number of aromatic nitrogens is 2. The molecule has 0 spiro atoms. The molecule has 0 saturated heterocycles. The number of aryl methyl sites for hydroxylation is 1. The van der Waals surface area contributed by atoms with E-state index in [2.05, 4.69) is 10.3 Å². The van der Waals surface area contributed by atoms with Gasteiger partial charge >= 0.3 is 0 Å². The third-order valence-electron chi connectivity index (χ3n) is 3.63. The number of thiophene rings is 1. The van der Waals surface area contributed by atoms with Crippen LogP contribution in [0.2, 0.25) is 0 Å². The molecule has 6 heteroatoms. The maximum absolute atomic E-state index is 12.5. The number of hydrogen-bond donors (Lipinski definition) is 1. The molecule has 0 fully saturated rings. The fourth-order valence-corrected chi connectivity index (χ4v) is 3.09. The lowest BCUT2D eigenvalue weighted by Crippen LogP contribution is -2.31. The number of imidazole rings is 1. The van der Waals surface area contributed by atoms with Crippen LogP contribution in [0.3, 0.4) is 0 Å². The van der Waals surface area contributed by atoms with Gasteiger partial charge in [-0.3, -0.25) is 4.79 Å². The van der Waals surface area contributed by atoms with E-state index in [9.17, 15) is 4.79 Å². The minimum Gasteiger partial charge on any atom is -0.496 e. The molecule has 0 bridgehead atoms. The molecule has 3 aromatic rings. The Kier molecular flexibility index (Phi) is 4.43. The quantitative estimate of drug-likeness (QED) is 0.784. The number of methoxy groups -OCH3 is 1. The van der Waals surface area contributed by atoms with Crippen LogP contribution in [0.1, 0.15) is 27.8 Å². The number of nitrogens with one attached hydrogen (secondary N) is 1. The lowest BCUT2D eigenvalue weighted by atomic mass is 10.0. The van der Waals surface area contributed by atoms with Crippen molar-refractivity contribution in [1.29, 1.82) is 0 Å². The molecule has 23 heavy (non-hydrogen) atoms. The van der Waals surface area contributed by atoms with E-state index in [4.69, 9.17) is 4.74 Å². The smallest absolute Gasteiger partial charge is 0.252 e. The van der Waals surface area contributed by atoms with Gasteiger partial charge in [-0.2, -0.15) is 11.3 Å². The van der Waals surface area contributed by atoms with E-state index in [1.54, 1.807) is 19.4 Å². The van der Waals surface area contributed by atoms with Gasteiger partial charge < -0.3 is 14.6 Å². The molecule has 1 N–H and O–H groups in total. The average molecular weight is 327 g/mol. The first-order valence-electron chi connectivity index (χ1n) is 7.14. The highest BCUT2D eigenvalue weighted by Gasteiger charge is 2.24. The zero-order valence-corrected chi connectivity index (χ0v) is 13.7. The summed E-state index contributed by atoms with van der Waals surface area (Å²) >= 11 is 1.49. The second-order valence-corrected chi connectivity index (χ2v) is 5.84. The van der Waals surface area contributed by atoms with Gasteiger partial charge in [0, 0.05) is 30.4 Å². The van der Waals surface area contributed by atoms with Crippen LogP contribution in [0.25, 0.3) is 0 Å². The predicted octanol–water partition coefficient (Wildman–Crippen LogP) is 3.01. The second-order valence-electron chi connectivity index (χ2n) is 5.06. The number of hydrogen-bond acceptors (Lipinski definition) is 4. The van der Waals surface area contributed by atoms with Crippen molar-refractivity contribution in [3.8, 4) is 5.75 Å². The van der Waals surface area contributed by atoms with Crippen LogP contribution in [-0.2, 0) is 7.05 Å². The summed E-state index contributed by atoms with van der Waals surface area (Å²) in [6, 6.07) is 9.05. The molecule has 0 aliphatic heterocycles. The van der Waals surface area contributed by atoms with Crippen LogP contribution in [0.15, 0.2) is 53.5 Å². The van der Waals surface area contributed by atoms with E-state index in [0.717, 1.165) is 11.4 Å². The summed E-state index contributed by atoms with van der Waals surface area (Å²) in [6.07, 6.45) is 3.57. The Morgan fingerprint density at radius 1 is 1.35 bits per heavy atom. The molecule has 1 aromatic carbocycles. The van der Waals surface area contributed by atoms with Crippen LogP contribution in [-0.4, -0.2) is 22.6 Å². The van der Waals surface area contributed by atoms with Gasteiger partial charge in [-0.05, 0) is 17.5 Å². The van der Waals surface area contributed by atoms with Crippen molar-refractivity contribution in [3.63, 3.8) is 0 Å². The van der Waals surface area contributed by atoms with Gasteiger partial charge in [0.2, 0.25) is 0 Å². The van der Waals surface area contributed by atoms with E-state index >= 15 is 0 Å². The molecule has 2 aromatic heterocycles. The second kappa shape index (κ2) is 6.66. The molecule has 2 heterocycles. The van der Waals surface area contributed by atoms with E-state index in [-0.39, 0.29) is 5.91 Å². The lowest BCUT2D eigenvalue weighted by molar-refractivity contribution is 0.0941. The van der Waals surface area contributed by atoms with Gasteiger partial charge in [0.1, 0.15) is 17.6 Å².